The highest BCUT2D eigenvalue weighted by atomic mass is 79.9. The number of carbonyl (C=O) groups is 2. The maximum Gasteiger partial charge on any atom is 0.251 e. The summed E-state index contributed by atoms with van der Waals surface area (Å²) in [6.07, 6.45) is 2.08. The molecule has 0 bridgehead atoms. The molecule has 0 radical (unpaired) electrons. The van der Waals surface area contributed by atoms with Gasteiger partial charge in [-0.1, -0.05) is 22.0 Å². The van der Waals surface area contributed by atoms with E-state index in [0.717, 1.165) is 27.5 Å². The minimum Gasteiger partial charge on any atom is -0.375 e. The molecule has 1 saturated carbocycles. The van der Waals surface area contributed by atoms with Crippen LogP contribution in [0.4, 0.5) is 11.4 Å². The lowest BCUT2D eigenvalue weighted by molar-refractivity contribution is -0.114. The molecule has 130 valence electrons. The van der Waals surface area contributed by atoms with E-state index in [4.69, 9.17) is 0 Å². The first kappa shape index (κ1) is 17.9. The molecule has 3 N–H and O–H groups in total. The van der Waals surface area contributed by atoms with Gasteiger partial charge in [0.1, 0.15) is 0 Å². The third kappa shape index (κ3) is 5.31. The summed E-state index contributed by atoms with van der Waals surface area (Å²) in [5.74, 6) is -0.287. The standard InChI is InChI=1S/C18H17Br2N3O2/c19-12-4-7-16(15(20)9-12)21-10-17(24)22-14-3-1-2-11(8-14)18(25)23-13-5-6-13/h1-4,7-9,13,21H,5-6,10H2,(H,22,24)(H,23,25). The summed E-state index contributed by atoms with van der Waals surface area (Å²) in [6.45, 7) is 0.124. The maximum absolute atomic E-state index is 12.1. The van der Waals surface area contributed by atoms with Crippen molar-refractivity contribution in [3.63, 3.8) is 0 Å². The lowest BCUT2D eigenvalue weighted by Crippen LogP contribution is -2.26. The first-order valence-electron chi connectivity index (χ1n) is 7.91. The molecule has 2 amide bonds. The zero-order chi connectivity index (χ0) is 17.8. The van der Waals surface area contributed by atoms with E-state index in [-0.39, 0.29) is 18.4 Å². The Hall–Kier alpha value is -1.86. The number of nitrogens with one attached hydrogen (secondary N) is 3. The average molecular weight is 467 g/mol. The largest absolute Gasteiger partial charge is 0.375 e. The van der Waals surface area contributed by atoms with Gasteiger partial charge in [0.2, 0.25) is 5.91 Å². The van der Waals surface area contributed by atoms with Gasteiger partial charge in [-0.3, -0.25) is 9.59 Å². The fourth-order valence-electron chi connectivity index (χ4n) is 2.25. The Morgan fingerprint density at radius 3 is 2.60 bits per heavy atom. The van der Waals surface area contributed by atoms with Gasteiger partial charge in [0, 0.05) is 31.9 Å². The number of hydrogen-bond donors (Lipinski definition) is 3. The van der Waals surface area contributed by atoms with Gasteiger partial charge >= 0.3 is 0 Å². The van der Waals surface area contributed by atoms with Gasteiger partial charge < -0.3 is 16.0 Å². The third-order valence-corrected chi connectivity index (χ3v) is 4.84. The molecule has 3 rings (SSSR count). The van der Waals surface area contributed by atoms with E-state index in [1.165, 1.54) is 0 Å². The fourth-order valence-corrected chi connectivity index (χ4v) is 3.44. The summed E-state index contributed by atoms with van der Waals surface area (Å²) in [7, 11) is 0. The molecule has 2 aromatic rings. The van der Waals surface area contributed by atoms with Crippen molar-refractivity contribution in [2.24, 2.45) is 0 Å². The second-order valence-corrected chi connectivity index (χ2v) is 7.62. The lowest BCUT2D eigenvalue weighted by atomic mass is 10.2. The van der Waals surface area contributed by atoms with Crippen LogP contribution in [0.3, 0.4) is 0 Å². The molecule has 1 fully saturated rings. The minimum absolute atomic E-state index is 0.101. The molecule has 0 aromatic heterocycles. The highest BCUT2D eigenvalue weighted by molar-refractivity contribution is 9.11. The Bertz CT molecular complexity index is 807. The van der Waals surface area contributed by atoms with Crippen molar-refractivity contribution < 1.29 is 9.59 Å². The summed E-state index contributed by atoms with van der Waals surface area (Å²) in [5.41, 5.74) is 1.98. The first-order chi connectivity index (χ1) is 12.0. The molecule has 0 aliphatic heterocycles. The van der Waals surface area contributed by atoms with Gasteiger partial charge in [-0.05, 0) is 65.2 Å². The van der Waals surface area contributed by atoms with Crippen LogP contribution in [0.5, 0.6) is 0 Å². The molecule has 0 heterocycles. The SMILES string of the molecule is O=C(CNc1ccc(Br)cc1Br)Nc1cccc(C(=O)NC2CC2)c1. The van der Waals surface area contributed by atoms with Crippen LogP contribution < -0.4 is 16.0 Å². The first-order valence-corrected chi connectivity index (χ1v) is 9.49. The van der Waals surface area contributed by atoms with Gasteiger partial charge in [-0.2, -0.15) is 0 Å². The molecule has 2 aromatic carbocycles. The number of amides is 2. The molecule has 1 aliphatic carbocycles. The number of halogens is 2. The van der Waals surface area contributed by atoms with Gasteiger partial charge in [0.05, 0.1) is 6.54 Å². The predicted molar refractivity (Wildman–Crippen MR) is 106 cm³/mol. The Kier molecular flexibility index (Phi) is 5.75. The van der Waals surface area contributed by atoms with Gasteiger partial charge in [0.15, 0.2) is 0 Å². The molecule has 0 saturated heterocycles. The van der Waals surface area contributed by atoms with Gasteiger partial charge in [-0.25, -0.2) is 0 Å². The summed E-state index contributed by atoms with van der Waals surface area (Å²) in [4.78, 5) is 24.2. The smallest absolute Gasteiger partial charge is 0.251 e. The number of carbonyl (C=O) groups excluding carboxylic acids is 2. The number of hydrogen-bond acceptors (Lipinski definition) is 3. The van der Waals surface area contributed by atoms with Crippen LogP contribution in [-0.2, 0) is 4.79 Å². The fraction of sp³-hybridized carbons (Fsp3) is 0.222. The van der Waals surface area contributed by atoms with E-state index in [1.54, 1.807) is 24.3 Å². The third-order valence-electron chi connectivity index (χ3n) is 3.69. The zero-order valence-electron chi connectivity index (χ0n) is 13.3. The van der Waals surface area contributed by atoms with Gasteiger partial charge in [0.25, 0.3) is 5.91 Å². The number of rotatable bonds is 6. The normalized spacial score (nSPS) is 13.2. The second-order valence-electron chi connectivity index (χ2n) is 5.85. The Balaban J connectivity index is 1.56. The van der Waals surface area contributed by atoms with E-state index in [9.17, 15) is 9.59 Å². The van der Waals surface area contributed by atoms with Crippen LogP contribution in [0, 0.1) is 0 Å². The van der Waals surface area contributed by atoms with Crippen LogP contribution in [0.2, 0.25) is 0 Å². The van der Waals surface area contributed by atoms with Gasteiger partial charge in [-0.15, -0.1) is 0 Å². The van der Waals surface area contributed by atoms with Crippen molar-refractivity contribution in [3.8, 4) is 0 Å². The molecule has 25 heavy (non-hydrogen) atoms. The predicted octanol–water partition coefficient (Wildman–Crippen LogP) is 4.15. The molecular weight excluding hydrogens is 450 g/mol. The summed E-state index contributed by atoms with van der Waals surface area (Å²) >= 11 is 6.83. The Labute approximate surface area is 162 Å². The topological polar surface area (TPSA) is 70.2 Å². The number of anilines is 2. The molecule has 1 aliphatic rings. The number of benzene rings is 2. The van der Waals surface area contributed by atoms with Crippen LogP contribution >= 0.6 is 31.9 Å². The van der Waals surface area contributed by atoms with Crippen molar-refractivity contribution in [1.82, 2.24) is 5.32 Å². The van der Waals surface area contributed by atoms with Crippen LogP contribution in [-0.4, -0.2) is 24.4 Å². The molecule has 0 spiro atoms. The highest BCUT2D eigenvalue weighted by Gasteiger charge is 2.23. The Morgan fingerprint density at radius 2 is 1.88 bits per heavy atom. The van der Waals surface area contributed by atoms with Crippen molar-refractivity contribution in [2.75, 3.05) is 17.2 Å². The monoisotopic (exact) mass is 465 g/mol. The molecular formula is C18H17Br2N3O2. The highest BCUT2D eigenvalue weighted by Crippen LogP contribution is 2.26. The summed E-state index contributed by atoms with van der Waals surface area (Å²) in [5, 5.41) is 8.81. The average Bonchev–Trinajstić information content (AvgIpc) is 3.38. The molecule has 0 unspecified atom stereocenters. The maximum atomic E-state index is 12.1. The van der Waals surface area contributed by atoms with Crippen molar-refractivity contribution in [2.45, 2.75) is 18.9 Å². The van der Waals surface area contributed by atoms with Crippen LogP contribution in [0.1, 0.15) is 23.2 Å². The Morgan fingerprint density at radius 1 is 1.08 bits per heavy atom. The molecule has 5 nitrogen and oxygen atoms in total. The van der Waals surface area contributed by atoms with E-state index in [0.29, 0.717) is 17.3 Å². The minimum atomic E-state index is -0.186. The van der Waals surface area contributed by atoms with Crippen LogP contribution in [0.15, 0.2) is 51.4 Å². The van der Waals surface area contributed by atoms with E-state index in [2.05, 4.69) is 47.8 Å². The van der Waals surface area contributed by atoms with Crippen molar-refractivity contribution in [1.29, 1.82) is 0 Å². The second kappa shape index (κ2) is 8.01. The lowest BCUT2D eigenvalue weighted by Gasteiger charge is -2.10. The van der Waals surface area contributed by atoms with E-state index >= 15 is 0 Å². The summed E-state index contributed by atoms with van der Waals surface area (Å²) < 4.78 is 1.82. The van der Waals surface area contributed by atoms with E-state index < -0.39 is 0 Å². The molecule has 0 atom stereocenters. The summed E-state index contributed by atoms with van der Waals surface area (Å²) in [6, 6.07) is 12.9. The van der Waals surface area contributed by atoms with Crippen molar-refractivity contribution >= 4 is 55.0 Å². The quantitative estimate of drug-likeness (QED) is 0.598. The molecule has 7 heteroatoms. The van der Waals surface area contributed by atoms with Crippen LogP contribution in [0.25, 0.3) is 0 Å². The van der Waals surface area contributed by atoms with Crippen molar-refractivity contribution in [3.05, 3.63) is 57.0 Å². The zero-order valence-corrected chi connectivity index (χ0v) is 16.5. The van der Waals surface area contributed by atoms with E-state index in [1.807, 2.05) is 18.2 Å².